The van der Waals surface area contributed by atoms with Crippen LogP contribution in [0.3, 0.4) is 0 Å². The fourth-order valence-corrected chi connectivity index (χ4v) is 2.62. The van der Waals surface area contributed by atoms with Crippen LogP contribution in [-0.4, -0.2) is 28.7 Å². The summed E-state index contributed by atoms with van der Waals surface area (Å²) in [5.41, 5.74) is 2.55. The first kappa shape index (κ1) is 18.2. The number of nitrogens with one attached hydrogen (secondary N) is 2. The summed E-state index contributed by atoms with van der Waals surface area (Å²) in [5, 5.41) is 9.72. The van der Waals surface area contributed by atoms with Gasteiger partial charge in [0, 0.05) is 18.8 Å². The van der Waals surface area contributed by atoms with Crippen LogP contribution in [0.15, 0.2) is 60.9 Å². The number of carbonyl (C=O) groups excluding carboxylic acids is 2. The Balaban J connectivity index is 1.74. The Hall–Kier alpha value is -3.61. The fraction of sp³-hybridized carbons (Fsp3) is 0.150. The van der Waals surface area contributed by atoms with E-state index in [4.69, 9.17) is 4.74 Å². The molecule has 0 fully saturated rings. The quantitative estimate of drug-likeness (QED) is 0.704. The Labute approximate surface area is 157 Å². The molecule has 2 amide bonds. The molecule has 0 atom stereocenters. The second kappa shape index (κ2) is 8.18. The Morgan fingerprint density at radius 3 is 2.59 bits per heavy atom. The predicted molar refractivity (Wildman–Crippen MR) is 103 cm³/mol. The SMILES string of the molecule is COc1ccc(NC(C)=O)cc1NC(=O)c1cnn(Cc2ccccc2)c1. The molecule has 1 aromatic heterocycles. The van der Waals surface area contributed by atoms with Gasteiger partial charge in [0.2, 0.25) is 5.91 Å². The lowest BCUT2D eigenvalue weighted by Crippen LogP contribution is -2.13. The second-order valence-electron chi connectivity index (χ2n) is 5.96. The van der Waals surface area contributed by atoms with E-state index in [1.54, 1.807) is 29.1 Å². The number of aromatic nitrogens is 2. The van der Waals surface area contributed by atoms with E-state index in [1.165, 1.54) is 20.2 Å². The Morgan fingerprint density at radius 2 is 1.89 bits per heavy atom. The summed E-state index contributed by atoms with van der Waals surface area (Å²) in [6.07, 6.45) is 3.20. The van der Waals surface area contributed by atoms with Crippen molar-refractivity contribution >= 4 is 23.2 Å². The minimum absolute atomic E-state index is 0.195. The van der Waals surface area contributed by atoms with E-state index in [0.717, 1.165) is 5.56 Å². The number of nitrogens with zero attached hydrogens (tertiary/aromatic N) is 2. The molecule has 3 aromatic rings. The molecule has 2 N–H and O–H groups in total. The van der Waals surface area contributed by atoms with E-state index in [1.807, 2.05) is 30.3 Å². The van der Waals surface area contributed by atoms with Gasteiger partial charge in [0.1, 0.15) is 5.75 Å². The highest BCUT2D eigenvalue weighted by molar-refractivity contribution is 6.05. The van der Waals surface area contributed by atoms with E-state index in [9.17, 15) is 9.59 Å². The first-order valence-corrected chi connectivity index (χ1v) is 8.38. The summed E-state index contributed by atoms with van der Waals surface area (Å²) in [6, 6.07) is 14.9. The molecular formula is C20H20N4O3. The summed E-state index contributed by atoms with van der Waals surface area (Å²) in [6.45, 7) is 2.00. The smallest absolute Gasteiger partial charge is 0.258 e. The van der Waals surface area contributed by atoms with Crippen LogP contribution in [0.2, 0.25) is 0 Å². The molecule has 3 rings (SSSR count). The van der Waals surface area contributed by atoms with Gasteiger partial charge in [-0.25, -0.2) is 0 Å². The standard InChI is InChI=1S/C20H20N4O3/c1-14(25)22-17-8-9-19(27-2)18(10-17)23-20(26)16-11-21-24(13-16)12-15-6-4-3-5-7-15/h3-11,13H,12H2,1-2H3,(H,22,25)(H,23,26). The van der Waals surface area contributed by atoms with E-state index >= 15 is 0 Å². The lowest BCUT2D eigenvalue weighted by atomic mass is 10.2. The number of hydrogen-bond acceptors (Lipinski definition) is 4. The largest absolute Gasteiger partial charge is 0.495 e. The normalized spacial score (nSPS) is 10.3. The molecule has 2 aromatic carbocycles. The van der Waals surface area contributed by atoms with Crippen molar-refractivity contribution in [3.63, 3.8) is 0 Å². The molecule has 7 heteroatoms. The van der Waals surface area contributed by atoms with Crippen LogP contribution in [-0.2, 0) is 11.3 Å². The third-order valence-corrected chi connectivity index (χ3v) is 3.85. The average molecular weight is 364 g/mol. The highest BCUT2D eigenvalue weighted by Gasteiger charge is 2.13. The van der Waals surface area contributed by atoms with Gasteiger partial charge in [-0.1, -0.05) is 30.3 Å². The second-order valence-corrected chi connectivity index (χ2v) is 5.96. The third kappa shape index (κ3) is 4.72. The van der Waals surface area contributed by atoms with Crippen molar-refractivity contribution in [1.82, 2.24) is 9.78 Å². The number of benzene rings is 2. The van der Waals surface area contributed by atoms with Crippen molar-refractivity contribution in [3.05, 3.63) is 72.1 Å². The van der Waals surface area contributed by atoms with E-state index in [-0.39, 0.29) is 11.8 Å². The van der Waals surface area contributed by atoms with Crippen molar-refractivity contribution < 1.29 is 14.3 Å². The zero-order chi connectivity index (χ0) is 19.2. The van der Waals surface area contributed by atoms with Crippen LogP contribution in [0, 0.1) is 0 Å². The van der Waals surface area contributed by atoms with Crippen molar-refractivity contribution in [2.24, 2.45) is 0 Å². The minimum atomic E-state index is -0.312. The maximum Gasteiger partial charge on any atom is 0.258 e. The van der Waals surface area contributed by atoms with Gasteiger partial charge in [0.05, 0.1) is 31.1 Å². The lowest BCUT2D eigenvalue weighted by molar-refractivity contribution is -0.114. The van der Waals surface area contributed by atoms with Crippen LogP contribution in [0.4, 0.5) is 11.4 Å². The van der Waals surface area contributed by atoms with E-state index in [0.29, 0.717) is 29.2 Å². The van der Waals surface area contributed by atoms with Crippen molar-refractivity contribution in [2.45, 2.75) is 13.5 Å². The zero-order valence-electron chi connectivity index (χ0n) is 15.1. The van der Waals surface area contributed by atoms with Gasteiger partial charge in [0.25, 0.3) is 5.91 Å². The molecule has 0 saturated carbocycles. The van der Waals surface area contributed by atoms with Gasteiger partial charge >= 0.3 is 0 Å². The maximum atomic E-state index is 12.6. The van der Waals surface area contributed by atoms with Crippen LogP contribution in [0.1, 0.15) is 22.8 Å². The van der Waals surface area contributed by atoms with Crippen LogP contribution >= 0.6 is 0 Å². The molecule has 0 spiro atoms. The number of hydrogen-bond donors (Lipinski definition) is 2. The number of rotatable bonds is 6. The first-order chi connectivity index (χ1) is 13.0. The number of ether oxygens (including phenoxy) is 1. The fourth-order valence-electron chi connectivity index (χ4n) is 2.62. The predicted octanol–water partition coefficient (Wildman–Crippen LogP) is 3.15. The van der Waals surface area contributed by atoms with Gasteiger partial charge in [-0.05, 0) is 23.8 Å². The van der Waals surface area contributed by atoms with Gasteiger partial charge in [-0.15, -0.1) is 0 Å². The van der Waals surface area contributed by atoms with Crippen LogP contribution in [0.25, 0.3) is 0 Å². The molecule has 0 radical (unpaired) electrons. The number of methoxy groups -OCH3 is 1. The van der Waals surface area contributed by atoms with Crippen LogP contribution < -0.4 is 15.4 Å². The summed E-state index contributed by atoms with van der Waals surface area (Å²) >= 11 is 0. The monoisotopic (exact) mass is 364 g/mol. The summed E-state index contributed by atoms with van der Waals surface area (Å²) in [4.78, 5) is 23.8. The molecule has 0 unspecified atom stereocenters. The number of anilines is 2. The summed E-state index contributed by atoms with van der Waals surface area (Å²) in [5.74, 6) is -0.0126. The van der Waals surface area contributed by atoms with Gasteiger partial charge in [-0.3, -0.25) is 14.3 Å². The lowest BCUT2D eigenvalue weighted by Gasteiger charge is -2.12. The van der Waals surface area contributed by atoms with Crippen molar-refractivity contribution in [3.8, 4) is 5.75 Å². The van der Waals surface area contributed by atoms with Gasteiger partial charge in [0.15, 0.2) is 0 Å². The van der Waals surface area contributed by atoms with Crippen LogP contribution in [0.5, 0.6) is 5.75 Å². The number of carbonyl (C=O) groups is 2. The molecule has 0 saturated heterocycles. The van der Waals surface area contributed by atoms with Crippen molar-refractivity contribution in [1.29, 1.82) is 0 Å². The molecule has 0 aliphatic heterocycles. The molecule has 0 aliphatic carbocycles. The summed E-state index contributed by atoms with van der Waals surface area (Å²) in [7, 11) is 1.51. The van der Waals surface area contributed by atoms with Gasteiger partial charge < -0.3 is 15.4 Å². The first-order valence-electron chi connectivity index (χ1n) is 8.38. The summed E-state index contributed by atoms with van der Waals surface area (Å²) < 4.78 is 6.98. The van der Waals surface area contributed by atoms with E-state index < -0.39 is 0 Å². The Kier molecular flexibility index (Phi) is 5.51. The third-order valence-electron chi connectivity index (χ3n) is 3.85. The zero-order valence-corrected chi connectivity index (χ0v) is 15.1. The van der Waals surface area contributed by atoms with Gasteiger partial charge in [-0.2, -0.15) is 5.10 Å². The topological polar surface area (TPSA) is 85.2 Å². The molecule has 1 heterocycles. The van der Waals surface area contributed by atoms with Crippen molar-refractivity contribution in [2.75, 3.05) is 17.7 Å². The van der Waals surface area contributed by atoms with E-state index in [2.05, 4.69) is 15.7 Å². The molecule has 0 aliphatic rings. The molecule has 138 valence electrons. The molecule has 0 bridgehead atoms. The molecule has 27 heavy (non-hydrogen) atoms. The minimum Gasteiger partial charge on any atom is -0.495 e. The molecule has 7 nitrogen and oxygen atoms in total. The number of amides is 2. The Bertz CT molecular complexity index is 951. The molecular weight excluding hydrogens is 344 g/mol. The highest BCUT2D eigenvalue weighted by atomic mass is 16.5. The maximum absolute atomic E-state index is 12.6. The highest BCUT2D eigenvalue weighted by Crippen LogP contribution is 2.28. The average Bonchev–Trinajstić information content (AvgIpc) is 3.11. The Morgan fingerprint density at radius 1 is 1.11 bits per heavy atom.